The Morgan fingerprint density at radius 3 is 2.30 bits per heavy atom. The second kappa shape index (κ2) is 7.37. The molecular formula is C20H20ClNO4S. The van der Waals surface area contributed by atoms with Gasteiger partial charge < -0.3 is 9.64 Å². The maximum absolute atomic E-state index is 13.4. The van der Waals surface area contributed by atoms with Gasteiger partial charge in [-0.05, 0) is 56.3 Å². The molecule has 0 fully saturated rings. The molecule has 1 amide bonds. The SMILES string of the molecule is CC(C)(Oc1ccc(Cl)cc1)C(=O)N(c1ccccc1)[C@@H]1C=CS(=O)(=O)C1. The molecule has 1 aliphatic rings. The number of amides is 1. The summed E-state index contributed by atoms with van der Waals surface area (Å²) in [5, 5.41) is 1.73. The van der Waals surface area contributed by atoms with Crippen LogP contribution in [-0.2, 0) is 14.6 Å². The molecule has 1 aliphatic heterocycles. The summed E-state index contributed by atoms with van der Waals surface area (Å²) >= 11 is 5.89. The van der Waals surface area contributed by atoms with Crippen LogP contribution in [-0.4, -0.2) is 31.7 Å². The fourth-order valence-corrected chi connectivity index (χ4v) is 4.29. The largest absolute Gasteiger partial charge is 0.478 e. The third-order valence-electron chi connectivity index (χ3n) is 4.20. The van der Waals surface area contributed by atoms with Gasteiger partial charge in [0.25, 0.3) is 5.91 Å². The van der Waals surface area contributed by atoms with Crippen molar-refractivity contribution in [3.05, 3.63) is 71.1 Å². The Morgan fingerprint density at radius 2 is 1.74 bits per heavy atom. The molecule has 2 aromatic carbocycles. The molecular weight excluding hydrogens is 386 g/mol. The monoisotopic (exact) mass is 405 g/mol. The molecule has 0 saturated carbocycles. The fraction of sp³-hybridized carbons (Fsp3) is 0.250. The van der Waals surface area contributed by atoms with Gasteiger partial charge in [0.15, 0.2) is 15.4 Å². The molecule has 0 aromatic heterocycles. The molecule has 7 heteroatoms. The summed E-state index contributed by atoms with van der Waals surface area (Å²) in [6.45, 7) is 3.32. The van der Waals surface area contributed by atoms with Crippen LogP contribution in [0.1, 0.15) is 13.8 Å². The van der Waals surface area contributed by atoms with Crippen molar-refractivity contribution in [1.82, 2.24) is 0 Å². The van der Waals surface area contributed by atoms with Gasteiger partial charge in [0, 0.05) is 16.1 Å². The Balaban J connectivity index is 1.92. The van der Waals surface area contributed by atoms with Gasteiger partial charge in [0.1, 0.15) is 5.75 Å². The molecule has 0 aliphatic carbocycles. The third kappa shape index (κ3) is 4.51. The first-order valence-electron chi connectivity index (χ1n) is 8.42. The number of para-hydroxylation sites is 1. The molecule has 5 nitrogen and oxygen atoms in total. The smallest absolute Gasteiger partial charge is 0.271 e. The zero-order valence-corrected chi connectivity index (χ0v) is 16.6. The standard InChI is InChI=1S/C20H20ClNO4S/c1-20(2,26-18-10-8-15(21)9-11-18)19(23)22(16-6-4-3-5-7-16)17-12-13-27(24,25)14-17/h3-13,17H,14H2,1-2H3/t17-/m1/s1. The zero-order valence-electron chi connectivity index (χ0n) is 15.0. The van der Waals surface area contributed by atoms with Gasteiger partial charge in [0.05, 0.1) is 11.8 Å². The molecule has 0 N–H and O–H groups in total. The first-order valence-corrected chi connectivity index (χ1v) is 10.5. The van der Waals surface area contributed by atoms with Crippen LogP contribution in [0.5, 0.6) is 5.75 Å². The molecule has 2 aromatic rings. The molecule has 27 heavy (non-hydrogen) atoms. The van der Waals surface area contributed by atoms with Gasteiger partial charge in [-0.15, -0.1) is 0 Å². The number of anilines is 1. The lowest BCUT2D eigenvalue weighted by Crippen LogP contribution is -2.53. The zero-order chi connectivity index (χ0) is 19.7. The molecule has 1 atom stereocenters. The Morgan fingerprint density at radius 1 is 1.11 bits per heavy atom. The number of nitrogens with zero attached hydrogens (tertiary/aromatic N) is 1. The highest BCUT2D eigenvalue weighted by molar-refractivity contribution is 7.94. The van der Waals surface area contributed by atoms with Crippen molar-refractivity contribution in [2.24, 2.45) is 0 Å². The van der Waals surface area contributed by atoms with Crippen LogP contribution in [0, 0.1) is 0 Å². The van der Waals surface area contributed by atoms with Crippen LogP contribution in [0.4, 0.5) is 5.69 Å². The second-order valence-electron chi connectivity index (χ2n) is 6.80. The van der Waals surface area contributed by atoms with Crippen LogP contribution < -0.4 is 9.64 Å². The maximum Gasteiger partial charge on any atom is 0.271 e. The number of halogens is 1. The van der Waals surface area contributed by atoms with E-state index in [1.165, 1.54) is 4.90 Å². The van der Waals surface area contributed by atoms with E-state index < -0.39 is 21.5 Å². The van der Waals surface area contributed by atoms with Crippen molar-refractivity contribution in [3.8, 4) is 5.75 Å². The average molecular weight is 406 g/mol. The van der Waals surface area contributed by atoms with Crippen LogP contribution in [0.25, 0.3) is 0 Å². The van der Waals surface area contributed by atoms with Crippen molar-refractivity contribution in [2.45, 2.75) is 25.5 Å². The summed E-state index contributed by atoms with van der Waals surface area (Å²) in [7, 11) is -3.32. The molecule has 0 spiro atoms. The van der Waals surface area contributed by atoms with E-state index in [9.17, 15) is 13.2 Å². The summed E-state index contributed by atoms with van der Waals surface area (Å²) in [4.78, 5) is 14.9. The molecule has 1 heterocycles. The minimum Gasteiger partial charge on any atom is -0.478 e. The number of rotatable bonds is 5. The maximum atomic E-state index is 13.4. The van der Waals surface area contributed by atoms with E-state index in [1.807, 2.05) is 6.07 Å². The Hall–Kier alpha value is -2.31. The first-order chi connectivity index (χ1) is 12.7. The average Bonchev–Trinajstić information content (AvgIpc) is 2.97. The summed E-state index contributed by atoms with van der Waals surface area (Å²) < 4.78 is 29.7. The summed E-state index contributed by atoms with van der Waals surface area (Å²) in [6, 6.07) is 15.1. The van der Waals surface area contributed by atoms with Crippen molar-refractivity contribution < 1.29 is 17.9 Å². The predicted molar refractivity (Wildman–Crippen MR) is 107 cm³/mol. The van der Waals surface area contributed by atoms with Crippen LogP contribution in [0.3, 0.4) is 0 Å². The number of carbonyl (C=O) groups excluding carboxylic acids is 1. The summed E-state index contributed by atoms with van der Waals surface area (Å²) in [5.41, 5.74) is -0.605. The Bertz CT molecular complexity index is 953. The quantitative estimate of drug-likeness (QED) is 0.758. The lowest BCUT2D eigenvalue weighted by atomic mass is 10.0. The predicted octanol–water partition coefficient (Wildman–Crippen LogP) is 3.84. The number of ether oxygens (including phenoxy) is 1. The van der Waals surface area contributed by atoms with Gasteiger partial charge in [-0.1, -0.05) is 29.8 Å². The molecule has 3 rings (SSSR count). The van der Waals surface area contributed by atoms with Gasteiger partial charge in [0.2, 0.25) is 0 Å². The minimum atomic E-state index is -3.32. The highest BCUT2D eigenvalue weighted by atomic mass is 35.5. The molecule has 0 bridgehead atoms. The van der Waals surface area contributed by atoms with Crippen molar-refractivity contribution in [2.75, 3.05) is 10.7 Å². The Labute approximate surface area is 164 Å². The van der Waals surface area contributed by atoms with Crippen LogP contribution in [0.2, 0.25) is 5.02 Å². The molecule has 0 unspecified atom stereocenters. The van der Waals surface area contributed by atoms with E-state index >= 15 is 0 Å². The third-order valence-corrected chi connectivity index (χ3v) is 5.83. The fourth-order valence-electron chi connectivity index (χ4n) is 2.90. The van der Waals surface area contributed by atoms with E-state index in [-0.39, 0.29) is 11.7 Å². The van der Waals surface area contributed by atoms with Gasteiger partial charge in [-0.3, -0.25) is 4.79 Å². The Kier molecular flexibility index (Phi) is 5.31. The van der Waals surface area contributed by atoms with E-state index in [0.29, 0.717) is 16.5 Å². The molecule has 0 radical (unpaired) electrons. The van der Waals surface area contributed by atoms with Gasteiger partial charge >= 0.3 is 0 Å². The van der Waals surface area contributed by atoms with Crippen molar-refractivity contribution in [1.29, 1.82) is 0 Å². The van der Waals surface area contributed by atoms with Gasteiger partial charge in [-0.25, -0.2) is 8.42 Å². The summed E-state index contributed by atoms with van der Waals surface area (Å²) in [5.74, 6) is 0.0146. The summed E-state index contributed by atoms with van der Waals surface area (Å²) in [6.07, 6.45) is 1.54. The van der Waals surface area contributed by atoms with E-state index in [4.69, 9.17) is 16.3 Å². The van der Waals surface area contributed by atoms with Crippen molar-refractivity contribution >= 4 is 33.0 Å². The lowest BCUT2D eigenvalue weighted by molar-refractivity contribution is -0.131. The van der Waals surface area contributed by atoms with E-state index in [0.717, 1.165) is 5.41 Å². The van der Waals surface area contributed by atoms with Crippen LogP contribution >= 0.6 is 11.6 Å². The first kappa shape index (κ1) is 19.5. The van der Waals surface area contributed by atoms with Crippen LogP contribution in [0.15, 0.2) is 66.1 Å². The van der Waals surface area contributed by atoms with Gasteiger partial charge in [-0.2, -0.15) is 0 Å². The number of hydrogen-bond donors (Lipinski definition) is 0. The van der Waals surface area contributed by atoms with E-state index in [2.05, 4.69) is 0 Å². The minimum absolute atomic E-state index is 0.148. The highest BCUT2D eigenvalue weighted by Crippen LogP contribution is 2.28. The molecule has 142 valence electrons. The van der Waals surface area contributed by atoms with E-state index in [1.54, 1.807) is 68.5 Å². The number of hydrogen-bond acceptors (Lipinski definition) is 4. The normalized spacial score (nSPS) is 18.3. The number of benzene rings is 2. The highest BCUT2D eigenvalue weighted by Gasteiger charge is 2.40. The lowest BCUT2D eigenvalue weighted by Gasteiger charge is -2.35. The number of carbonyl (C=O) groups is 1. The number of sulfone groups is 1. The van der Waals surface area contributed by atoms with Crippen molar-refractivity contribution in [3.63, 3.8) is 0 Å². The topological polar surface area (TPSA) is 63.7 Å². The molecule has 0 saturated heterocycles. The second-order valence-corrected chi connectivity index (χ2v) is 9.17.